The molecule has 0 aliphatic heterocycles. The van der Waals surface area contributed by atoms with Gasteiger partial charge in [-0.15, -0.1) is 0 Å². The number of unbranched alkanes of at least 4 members (excludes halogenated alkanes) is 1. The summed E-state index contributed by atoms with van der Waals surface area (Å²) in [6.07, 6.45) is 7.27. The molecule has 0 spiro atoms. The van der Waals surface area contributed by atoms with Crippen LogP contribution < -0.4 is 11.1 Å². The van der Waals surface area contributed by atoms with Gasteiger partial charge in [-0.25, -0.2) is 9.78 Å². The number of benzene rings is 1. The van der Waals surface area contributed by atoms with Gasteiger partial charge in [-0.3, -0.25) is 0 Å². The maximum atomic E-state index is 11.2. The second-order valence-corrected chi connectivity index (χ2v) is 5.07. The fourth-order valence-corrected chi connectivity index (χ4v) is 2.32. The van der Waals surface area contributed by atoms with E-state index >= 15 is 0 Å². The van der Waals surface area contributed by atoms with Gasteiger partial charge in [0.25, 0.3) is 0 Å². The Hall–Kier alpha value is -2.21. The van der Waals surface area contributed by atoms with E-state index in [1.165, 1.54) is 6.07 Å². The predicted molar refractivity (Wildman–Crippen MR) is 82.8 cm³/mol. The number of halogens is 1. The molecule has 21 heavy (non-hydrogen) atoms. The summed E-state index contributed by atoms with van der Waals surface area (Å²) in [5.41, 5.74) is 6.46. The van der Waals surface area contributed by atoms with Gasteiger partial charge in [-0.05, 0) is 25.0 Å². The van der Waals surface area contributed by atoms with Crippen molar-refractivity contribution in [1.82, 2.24) is 9.55 Å². The number of nitrogens with one attached hydrogen (secondary N) is 1. The lowest BCUT2D eigenvalue weighted by molar-refractivity contribution is 0.0698. The molecule has 6 nitrogen and oxygen atoms in total. The molecule has 0 fully saturated rings. The van der Waals surface area contributed by atoms with Crippen molar-refractivity contribution >= 4 is 28.9 Å². The van der Waals surface area contributed by atoms with Crippen LogP contribution >= 0.6 is 11.6 Å². The molecule has 1 aromatic carbocycles. The fourth-order valence-electron chi connectivity index (χ4n) is 2.03. The second kappa shape index (κ2) is 6.99. The first kappa shape index (κ1) is 15.2. The number of nitrogen functional groups attached to an aromatic ring is 1. The first-order valence-corrected chi connectivity index (χ1v) is 6.97. The van der Waals surface area contributed by atoms with Gasteiger partial charge in [0.2, 0.25) is 0 Å². The molecule has 0 aliphatic carbocycles. The second-order valence-electron chi connectivity index (χ2n) is 4.66. The number of nitrogens with zero attached hydrogens (tertiary/aromatic N) is 2. The Kier molecular flexibility index (Phi) is 5.05. The number of aryl methyl sites for hydroxylation is 1. The van der Waals surface area contributed by atoms with Crippen molar-refractivity contribution in [3.63, 3.8) is 0 Å². The van der Waals surface area contributed by atoms with Crippen molar-refractivity contribution in [1.29, 1.82) is 0 Å². The first-order valence-electron chi connectivity index (χ1n) is 6.60. The molecule has 0 aliphatic rings. The zero-order valence-corrected chi connectivity index (χ0v) is 12.2. The van der Waals surface area contributed by atoms with E-state index in [1.54, 1.807) is 18.6 Å². The molecule has 2 rings (SSSR count). The number of nitrogens with two attached hydrogens (primary N) is 1. The SMILES string of the molecule is Nc1cc(Cl)c(NCCCCn2ccnc2)c(C(=O)O)c1. The van der Waals surface area contributed by atoms with E-state index in [0.29, 0.717) is 22.9 Å². The maximum absolute atomic E-state index is 11.2. The Bertz CT molecular complexity index is 614. The third-order valence-electron chi connectivity index (χ3n) is 3.05. The minimum Gasteiger partial charge on any atom is -0.478 e. The smallest absolute Gasteiger partial charge is 0.337 e. The van der Waals surface area contributed by atoms with Crippen LogP contribution in [-0.2, 0) is 6.54 Å². The third kappa shape index (κ3) is 4.13. The van der Waals surface area contributed by atoms with Crippen LogP contribution in [0.2, 0.25) is 5.02 Å². The van der Waals surface area contributed by atoms with E-state index in [0.717, 1.165) is 19.4 Å². The van der Waals surface area contributed by atoms with Crippen molar-refractivity contribution in [2.24, 2.45) is 0 Å². The molecule has 0 radical (unpaired) electrons. The lowest BCUT2D eigenvalue weighted by atomic mass is 10.1. The van der Waals surface area contributed by atoms with Crippen molar-refractivity contribution in [3.05, 3.63) is 41.4 Å². The van der Waals surface area contributed by atoms with Crippen molar-refractivity contribution in [2.45, 2.75) is 19.4 Å². The van der Waals surface area contributed by atoms with E-state index in [1.807, 2.05) is 10.8 Å². The molecule has 7 heteroatoms. The van der Waals surface area contributed by atoms with E-state index in [4.69, 9.17) is 17.3 Å². The molecule has 0 bridgehead atoms. The van der Waals surface area contributed by atoms with Gasteiger partial charge in [-0.1, -0.05) is 11.6 Å². The number of hydrogen-bond acceptors (Lipinski definition) is 4. The number of carboxylic acids is 1. The van der Waals surface area contributed by atoms with E-state index in [9.17, 15) is 9.90 Å². The van der Waals surface area contributed by atoms with Crippen molar-refractivity contribution in [2.75, 3.05) is 17.6 Å². The van der Waals surface area contributed by atoms with Gasteiger partial charge < -0.3 is 20.7 Å². The van der Waals surface area contributed by atoms with Crippen LogP contribution in [0.4, 0.5) is 11.4 Å². The number of imidazole rings is 1. The summed E-state index contributed by atoms with van der Waals surface area (Å²) >= 11 is 6.05. The summed E-state index contributed by atoms with van der Waals surface area (Å²) in [6.45, 7) is 1.52. The summed E-state index contributed by atoms with van der Waals surface area (Å²) in [7, 11) is 0. The number of aromatic nitrogens is 2. The van der Waals surface area contributed by atoms with Crippen LogP contribution in [0.15, 0.2) is 30.9 Å². The highest BCUT2D eigenvalue weighted by Gasteiger charge is 2.14. The molecule has 112 valence electrons. The average molecular weight is 309 g/mol. The number of aromatic carboxylic acids is 1. The normalized spacial score (nSPS) is 10.5. The molecule has 0 saturated carbocycles. The fraction of sp³-hybridized carbons (Fsp3) is 0.286. The molecular formula is C14H17ClN4O2. The highest BCUT2D eigenvalue weighted by Crippen LogP contribution is 2.29. The van der Waals surface area contributed by atoms with Gasteiger partial charge in [0.05, 0.1) is 22.6 Å². The summed E-state index contributed by atoms with van der Waals surface area (Å²) in [4.78, 5) is 15.2. The van der Waals surface area contributed by atoms with Crippen molar-refractivity contribution in [3.8, 4) is 0 Å². The average Bonchev–Trinajstić information content (AvgIpc) is 2.93. The van der Waals surface area contributed by atoms with Crippen LogP contribution in [0, 0.1) is 0 Å². The van der Waals surface area contributed by atoms with Crippen LogP contribution in [0.25, 0.3) is 0 Å². The number of anilines is 2. The van der Waals surface area contributed by atoms with Gasteiger partial charge in [0, 0.05) is 31.2 Å². The number of carbonyl (C=O) groups is 1. The summed E-state index contributed by atoms with van der Waals surface area (Å²) < 4.78 is 2.00. The molecular weight excluding hydrogens is 292 g/mol. The lowest BCUT2D eigenvalue weighted by Crippen LogP contribution is -2.10. The molecule has 4 N–H and O–H groups in total. The van der Waals surface area contributed by atoms with Gasteiger partial charge in [0.1, 0.15) is 0 Å². The zero-order chi connectivity index (χ0) is 15.2. The van der Waals surface area contributed by atoms with Gasteiger partial charge >= 0.3 is 5.97 Å². The topological polar surface area (TPSA) is 93.2 Å². The van der Waals surface area contributed by atoms with Crippen LogP contribution in [0.1, 0.15) is 23.2 Å². The number of carboxylic acid groups (broad SMARTS) is 1. The number of rotatable bonds is 7. The lowest BCUT2D eigenvalue weighted by Gasteiger charge is -2.12. The summed E-state index contributed by atoms with van der Waals surface area (Å²) in [5.74, 6) is -1.05. The Morgan fingerprint density at radius 3 is 2.90 bits per heavy atom. The molecule has 0 atom stereocenters. The monoisotopic (exact) mass is 308 g/mol. The summed E-state index contributed by atoms with van der Waals surface area (Å²) in [6, 6.07) is 2.95. The third-order valence-corrected chi connectivity index (χ3v) is 3.35. The molecule has 1 heterocycles. The highest BCUT2D eigenvalue weighted by atomic mass is 35.5. The van der Waals surface area contributed by atoms with Crippen LogP contribution in [0.5, 0.6) is 0 Å². The van der Waals surface area contributed by atoms with Gasteiger partial charge in [0.15, 0.2) is 0 Å². The molecule has 0 amide bonds. The molecule has 1 aromatic heterocycles. The van der Waals surface area contributed by atoms with Crippen LogP contribution in [0.3, 0.4) is 0 Å². The Morgan fingerprint density at radius 1 is 1.43 bits per heavy atom. The standard InChI is InChI=1S/C14H17ClN4O2/c15-12-8-10(16)7-11(14(20)21)13(12)18-3-1-2-5-19-6-4-17-9-19/h4,6-9,18H,1-3,5,16H2,(H,20,21). The number of hydrogen-bond donors (Lipinski definition) is 3. The zero-order valence-electron chi connectivity index (χ0n) is 11.4. The van der Waals surface area contributed by atoms with Gasteiger partial charge in [-0.2, -0.15) is 0 Å². The first-order chi connectivity index (χ1) is 10.1. The quantitative estimate of drug-likeness (QED) is 0.540. The largest absolute Gasteiger partial charge is 0.478 e. The Morgan fingerprint density at radius 2 is 2.24 bits per heavy atom. The van der Waals surface area contributed by atoms with E-state index in [-0.39, 0.29) is 5.56 Å². The summed E-state index contributed by atoms with van der Waals surface area (Å²) in [5, 5.41) is 12.6. The molecule has 0 unspecified atom stereocenters. The molecule has 2 aromatic rings. The maximum Gasteiger partial charge on any atom is 0.337 e. The predicted octanol–water partition coefficient (Wildman–Crippen LogP) is 2.71. The minimum atomic E-state index is -1.05. The van der Waals surface area contributed by atoms with Crippen molar-refractivity contribution < 1.29 is 9.90 Å². The Balaban J connectivity index is 1.89. The van der Waals surface area contributed by atoms with Crippen LogP contribution in [-0.4, -0.2) is 27.2 Å². The molecule has 0 saturated heterocycles. The Labute approximate surface area is 127 Å². The van der Waals surface area contributed by atoms with E-state index < -0.39 is 5.97 Å². The minimum absolute atomic E-state index is 0.0922. The van der Waals surface area contributed by atoms with E-state index in [2.05, 4.69) is 10.3 Å². The highest BCUT2D eigenvalue weighted by molar-refractivity contribution is 6.34.